The number of furan rings is 1. The van der Waals surface area contributed by atoms with Crippen molar-refractivity contribution >= 4 is 10.0 Å². The number of rotatable bonds is 7. The third kappa shape index (κ3) is 3.18. The highest BCUT2D eigenvalue weighted by Crippen LogP contribution is 2.34. The summed E-state index contributed by atoms with van der Waals surface area (Å²) in [4.78, 5) is 0.286. The molecule has 0 radical (unpaired) electrons. The first kappa shape index (κ1) is 15.1. The van der Waals surface area contributed by atoms with Gasteiger partial charge in [-0.2, -0.15) is 4.31 Å². The second-order valence-corrected chi connectivity index (χ2v) is 7.16. The predicted molar refractivity (Wildman–Crippen MR) is 82.1 cm³/mol. The number of benzene rings is 1. The smallest absolute Gasteiger partial charge is 0.243 e. The maximum atomic E-state index is 12.9. The molecule has 1 saturated carbocycles. The van der Waals surface area contributed by atoms with Crippen molar-refractivity contribution in [2.75, 3.05) is 6.61 Å². The fourth-order valence-corrected chi connectivity index (χ4v) is 3.99. The Morgan fingerprint density at radius 1 is 1.23 bits per heavy atom. The average Bonchev–Trinajstić information content (AvgIpc) is 3.21. The molecule has 1 aromatic heterocycles. The second kappa shape index (κ2) is 6.14. The second-order valence-electron chi connectivity index (χ2n) is 5.27. The number of hydrogen-bond acceptors (Lipinski definition) is 4. The third-order valence-corrected chi connectivity index (χ3v) is 5.50. The Labute approximate surface area is 130 Å². The van der Waals surface area contributed by atoms with Gasteiger partial charge in [0.1, 0.15) is 11.5 Å². The van der Waals surface area contributed by atoms with Gasteiger partial charge in [0.05, 0.1) is 24.3 Å². The van der Waals surface area contributed by atoms with Crippen LogP contribution in [0.15, 0.2) is 52.0 Å². The van der Waals surface area contributed by atoms with Gasteiger partial charge in [-0.3, -0.25) is 0 Å². The Bertz CT molecular complexity index is 703. The predicted octanol–water partition coefficient (Wildman–Crippen LogP) is 3.03. The van der Waals surface area contributed by atoms with E-state index in [0.29, 0.717) is 18.1 Å². The van der Waals surface area contributed by atoms with E-state index < -0.39 is 10.0 Å². The van der Waals surface area contributed by atoms with Crippen molar-refractivity contribution in [1.82, 2.24) is 4.31 Å². The van der Waals surface area contributed by atoms with Gasteiger partial charge in [-0.15, -0.1) is 0 Å². The summed E-state index contributed by atoms with van der Waals surface area (Å²) in [5.41, 5.74) is 0. The molecule has 0 spiro atoms. The largest absolute Gasteiger partial charge is 0.494 e. The molecule has 1 heterocycles. The fraction of sp³-hybridized carbons (Fsp3) is 0.375. The highest BCUT2D eigenvalue weighted by atomic mass is 32.2. The molecule has 118 valence electrons. The van der Waals surface area contributed by atoms with E-state index in [1.54, 1.807) is 42.7 Å². The Balaban J connectivity index is 1.85. The van der Waals surface area contributed by atoms with Crippen LogP contribution in [0.5, 0.6) is 5.75 Å². The van der Waals surface area contributed by atoms with Crippen molar-refractivity contribution in [1.29, 1.82) is 0 Å². The molecule has 0 unspecified atom stereocenters. The summed E-state index contributed by atoms with van der Waals surface area (Å²) in [7, 11) is -3.53. The summed E-state index contributed by atoms with van der Waals surface area (Å²) in [6.07, 6.45) is 3.36. The highest BCUT2D eigenvalue weighted by molar-refractivity contribution is 7.89. The number of hydrogen-bond donors (Lipinski definition) is 0. The van der Waals surface area contributed by atoms with E-state index in [1.165, 1.54) is 4.31 Å². The van der Waals surface area contributed by atoms with Crippen LogP contribution in [-0.4, -0.2) is 25.4 Å². The van der Waals surface area contributed by atoms with Crippen LogP contribution in [0.4, 0.5) is 0 Å². The summed E-state index contributed by atoms with van der Waals surface area (Å²) < 4.78 is 37.9. The SMILES string of the molecule is CCOc1ccc(S(=O)(=O)N(Cc2ccco2)C2CC2)cc1. The van der Waals surface area contributed by atoms with Gasteiger partial charge < -0.3 is 9.15 Å². The van der Waals surface area contributed by atoms with Gasteiger partial charge in [0.25, 0.3) is 0 Å². The number of nitrogens with zero attached hydrogens (tertiary/aromatic N) is 1. The quantitative estimate of drug-likeness (QED) is 0.786. The topological polar surface area (TPSA) is 59.8 Å². The van der Waals surface area contributed by atoms with Crippen LogP contribution in [0.3, 0.4) is 0 Å². The molecule has 22 heavy (non-hydrogen) atoms. The van der Waals surface area contributed by atoms with Crippen molar-refractivity contribution in [2.24, 2.45) is 0 Å². The van der Waals surface area contributed by atoms with Crippen LogP contribution in [-0.2, 0) is 16.6 Å². The Hall–Kier alpha value is -1.79. The Morgan fingerprint density at radius 3 is 2.50 bits per heavy atom. The molecule has 5 nitrogen and oxygen atoms in total. The molecule has 0 atom stereocenters. The fourth-order valence-electron chi connectivity index (χ4n) is 2.34. The van der Waals surface area contributed by atoms with Gasteiger partial charge in [0, 0.05) is 6.04 Å². The molecular formula is C16H19NO4S. The standard InChI is InChI=1S/C16H19NO4S/c1-2-20-14-7-9-16(10-8-14)22(18,19)17(13-5-6-13)12-15-4-3-11-21-15/h3-4,7-11,13H,2,5-6,12H2,1H3. The lowest BCUT2D eigenvalue weighted by atomic mass is 10.3. The summed E-state index contributed by atoms with van der Waals surface area (Å²) >= 11 is 0. The molecule has 1 aliphatic rings. The van der Waals surface area contributed by atoms with E-state index in [0.717, 1.165) is 12.8 Å². The van der Waals surface area contributed by atoms with Gasteiger partial charge >= 0.3 is 0 Å². The van der Waals surface area contributed by atoms with E-state index in [2.05, 4.69) is 0 Å². The van der Waals surface area contributed by atoms with Gasteiger partial charge in [-0.1, -0.05) is 0 Å². The minimum atomic E-state index is -3.53. The molecule has 0 bridgehead atoms. The molecule has 1 aromatic carbocycles. The van der Waals surface area contributed by atoms with E-state index in [9.17, 15) is 8.42 Å². The van der Waals surface area contributed by atoms with E-state index in [1.807, 2.05) is 6.92 Å². The molecule has 3 rings (SSSR count). The number of ether oxygens (including phenoxy) is 1. The average molecular weight is 321 g/mol. The van der Waals surface area contributed by atoms with Gasteiger partial charge in [-0.05, 0) is 56.2 Å². The zero-order valence-electron chi connectivity index (χ0n) is 12.4. The number of sulfonamides is 1. The lowest BCUT2D eigenvalue weighted by molar-refractivity contribution is 0.339. The lowest BCUT2D eigenvalue weighted by Gasteiger charge is -2.21. The molecule has 0 saturated heterocycles. The first-order valence-electron chi connectivity index (χ1n) is 7.38. The van der Waals surface area contributed by atoms with Crippen molar-refractivity contribution in [2.45, 2.75) is 37.2 Å². The first-order valence-corrected chi connectivity index (χ1v) is 8.82. The van der Waals surface area contributed by atoms with Gasteiger partial charge in [-0.25, -0.2) is 8.42 Å². The summed E-state index contributed by atoms with van der Waals surface area (Å²) in [5.74, 6) is 1.33. The van der Waals surface area contributed by atoms with Crippen molar-refractivity contribution in [3.8, 4) is 5.75 Å². The van der Waals surface area contributed by atoms with Crippen molar-refractivity contribution < 1.29 is 17.6 Å². The molecule has 0 N–H and O–H groups in total. The van der Waals surface area contributed by atoms with Crippen LogP contribution < -0.4 is 4.74 Å². The molecule has 1 aliphatic carbocycles. The first-order chi connectivity index (χ1) is 10.6. The lowest BCUT2D eigenvalue weighted by Crippen LogP contribution is -2.32. The maximum Gasteiger partial charge on any atom is 0.243 e. The van der Waals surface area contributed by atoms with Crippen LogP contribution in [0.1, 0.15) is 25.5 Å². The molecule has 6 heteroatoms. The van der Waals surface area contributed by atoms with Crippen LogP contribution in [0.2, 0.25) is 0 Å². The minimum absolute atomic E-state index is 0.0710. The molecule has 0 aliphatic heterocycles. The van der Waals surface area contributed by atoms with Gasteiger partial charge in [0.15, 0.2) is 0 Å². The zero-order chi connectivity index (χ0) is 15.6. The molecule has 2 aromatic rings. The van der Waals surface area contributed by atoms with E-state index in [-0.39, 0.29) is 17.5 Å². The Kier molecular flexibility index (Phi) is 4.22. The van der Waals surface area contributed by atoms with Crippen LogP contribution in [0.25, 0.3) is 0 Å². The summed E-state index contributed by atoms with van der Waals surface area (Å²) in [5, 5.41) is 0. The summed E-state index contributed by atoms with van der Waals surface area (Å²) in [6.45, 7) is 2.72. The molecule has 1 fully saturated rings. The highest BCUT2D eigenvalue weighted by Gasteiger charge is 2.38. The van der Waals surface area contributed by atoms with Crippen molar-refractivity contribution in [3.63, 3.8) is 0 Å². The van der Waals surface area contributed by atoms with E-state index >= 15 is 0 Å². The molecule has 0 amide bonds. The minimum Gasteiger partial charge on any atom is -0.494 e. The zero-order valence-corrected chi connectivity index (χ0v) is 13.3. The van der Waals surface area contributed by atoms with E-state index in [4.69, 9.17) is 9.15 Å². The molecular weight excluding hydrogens is 302 g/mol. The van der Waals surface area contributed by atoms with Gasteiger partial charge in [0.2, 0.25) is 10.0 Å². The van der Waals surface area contributed by atoms with Crippen LogP contribution in [0, 0.1) is 0 Å². The maximum absolute atomic E-state index is 12.9. The monoisotopic (exact) mass is 321 g/mol. The Morgan fingerprint density at radius 2 is 1.95 bits per heavy atom. The van der Waals surface area contributed by atoms with Crippen LogP contribution >= 0.6 is 0 Å². The van der Waals surface area contributed by atoms with Crippen molar-refractivity contribution in [3.05, 3.63) is 48.4 Å². The third-order valence-electron chi connectivity index (χ3n) is 3.59. The normalized spacial score (nSPS) is 15.2. The summed E-state index contributed by atoms with van der Waals surface area (Å²) in [6, 6.07) is 10.2.